The summed E-state index contributed by atoms with van der Waals surface area (Å²) in [6, 6.07) is 0. The number of rotatable bonds is 10. The van der Waals surface area contributed by atoms with Crippen molar-refractivity contribution < 1.29 is 121 Å². The molecule has 0 aliphatic rings. The van der Waals surface area contributed by atoms with Crippen molar-refractivity contribution in [2.24, 2.45) is 0 Å². The molecule has 0 aromatic rings. The molecule has 0 bridgehead atoms. The summed E-state index contributed by atoms with van der Waals surface area (Å²) in [5.74, 6) is -28.9. The quantitative estimate of drug-likeness (QED) is 0.197. The van der Waals surface area contributed by atoms with Crippen molar-refractivity contribution in [1.29, 1.82) is 0 Å². The Labute approximate surface area is 197 Å². The van der Waals surface area contributed by atoms with E-state index in [0.717, 1.165) is 0 Å². The van der Waals surface area contributed by atoms with Gasteiger partial charge in [0.05, 0.1) is 0 Å². The largest absolute Gasteiger partial charge is 1.00 e. The van der Waals surface area contributed by atoms with E-state index in [4.69, 9.17) is 0 Å². The Morgan fingerprint density at radius 1 is 0.586 bits per heavy atom. The van der Waals surface area contributed by atoms with Gasteiger partial charge in [-0.1, -0.05) is 6.42 Å². The summed E-state index contributed by atoms with van der Waals surface area (Å²) in [7, 11) is -7.69. The normalized spacial score (nSPS) is 15.2. The van der Waals surface area contributed by atoms with E-state index in [2.05, 4.69) is 0 Å². The topological polar surface area (TPSA) is 57.2 Å². The van der Waals surface area contributed by atoms with Crippen LogP contribution in [-0.4, -0.2) is 48.1 Å². The summed E-state index contributed by atoms with van der Waals surface area (Å²) in [6.45, 7) is 0. The average Bonchev–Trinajstić information content (AvgIpc) is 2.43. The molecule has 0 aliphatic heterocycles. The van der Waals surface area contributed by atoms with Crippen molar-refractivity contribution in [1.82, 2.24) is 0 Å². The molecule has 0 aliphatic carbocycles. The molecule has 0 unspecified atom stereocenters. The zero-order valence-corrected chi connectivity index (χ0v) is 18.0. The number of hydrogen-bond donors (Lipinski definition) is 0. The predicted octanol–water partition coefficient (Wildman–Crippen LogP) is 2.18. The van der Waals surface area contributed by atoms with E-state index in [1.54, 1.807) is 0 Å². The maximum Gasteiger partial charge on any atom is 1.00 e. The Kier molecular flexibility index (Phi) is 10.6. The van der Waals surface area contributed by atoms with E-state index in [9.17, 15) is 70.0 Å². The van der Waals surface area contributed by atoms with Crippen molar-refractivity contribution in [3.63, 3.8) is 0 Å². The summed E-state index contributed by atoms with van der Waals surface area (Å²) >= 11 is 0. The standard InChI is InChI=1S/C11H11F13O3S.K/c12-6(13,4-2-1-3-5-7(14,15)16)8(17,18)9(19,20)10(21,22)11(23,24)28(25,26)27;/h1-5H2,(H,25,26,27);/q;+1/p-1. The summed E-state index contributed by atoms with van der Waals surface area (Å²) in [5.41, 5.74) is 0. The van der Waals surface area contributed by atoms with Crippen molar-refractivity contribution in [3.05, 3.63) is 0 Å². The first kappa shape index (κ1) is 31.8. The Bertz CT molecular complexity index is 645. The maximum atomic E-state index is 13.3. The summed E-state index contributed by atoms with van der Waals surface area (Å²) in [6.07, 6.45) is -11.9. The van der Waals surface area contributed by atoms with Crippen molar-refractivity contribution in [2.75, 3.05) is 0 Å². The number of halogens is 13. The molecular weight excluding hydrogens is 498 g/mol. The number of unbranched alkanes of at least 4 members (excludes halogenated alkanes) is 2. The van der Waals surface area contributed by atoms with E-state index < -0.39 is 77.3 Å². The Balaban J connectivity index is 0. The predicted molar refractivity (Wildman–Crippen MR) is 63.6 cm³/mol. The van der Waals surface area contributed by atoms with Gasteiger partial charge in [0.1, 0.15) is 0 Å². The molecule has 0 radical (unpaired) electrons. The molecule has 0 atom stereocenters. The average molecular weight is 508 g/mol. The van der Waals surface area contributed by atoms with Crippen molar-refractivity contribution in [2.45, 2.75) is 67.2 Å². The van der Waals surface area contributed by atoms with E-state index in [1.807, 2.05) is 0 Å². The first-order valence-electron chi connectivity index (χ1n) is 6.87. The molecule has 0 saturated heterocycles. The maximum absolute atomic E-state index is 13.3. The third-order valence-corrected chi connectivity index (χ3v) is 4.26. The Morgan fingerprint density at radius 2 is 0.966 bits per heavy atom. The Hall–Kier alpha value is 0.636. The molecule has 170 valence electrons. The molecule has 0 amide bonds. The van der Waals surface area contributed by atoms with Gasteiger partial charge < -0.3 is 4.55 Å². The molecule has 0 heterocycles. The fraction of sp³-hybridized carbons (Fsp3) is 1.00. The van der Waals surface area contributed by atoms with E-state index >= 15 is 0 Å². The van der Waals surface area contributed by atoms with Gasteiger partial charge in [-0.15, -0.1) is 0 Å². The van der Waals surface area contributed by atoms with E-state index in [-0.39, 0.29) is 51.4 Å². The van der Waals surface area contributed by atoms with Gasteiger partial charge in [0.15, 0.2) is 10.1 Å². The second kappa shape index (κ2) is 9.64. The van der Waals surface area contributed by atoms with Crippen molar-refractivity contribution >= 4 is 10.1 Å². The van der Waals surface area contributed by atoms with Crippen LogP contribution in [0.3, 0.4) is 0 Å². The molecule has 0 saturated carbocycles. The molecule has 0 aromatic heterocycles. The van der Waals surface area contributed by atoms with Crippen LogP contribution >= 0.6 is 0 Å². The molecule has 18 heteroatoms. The first-order chi connectivity index (χ1) is 12.0. The van der Waals surface area contributed by atoms with Crippen LogP contribution in [0.25, 0.3) is 0 Å². The monoisotopic (exact) mass is 508 g/mol. The molecule has 29 heavy (non-hydrogen) atoms. The molecule has 0 spiro atoms. The first-order valence-corrected chi connectivity index (χ1v) is 8.28. The fourth-order valence-electron chi connectivity index (χ4n) is 1.77. The van der Waals surface area contributed by atoms with Gasteiger partial charge in [-0.05, 0) is 12.8 Å². The van der Waals surface area contributed by atoms with Crippen LogP contribution in [0.1, 0.15) is 32.1 Å². The fourth-order valence-corrected chi connectivity index (χ4v) is 2.22. The third kappa shape index (κ3) is 6.56. The van der Waals surface area contributed by atoms with E-state index in [0.29, 0.717) is 0 Å². The minimum Gasteiger partial charge on any atom is -0.743 e. The zero-order chi connectivity index (χ0) is 23.0. The molecule has 0 rings (SSSR count). The number of hydrogen-bond acceptors (Lipinski definition) is 3. The summed E-state index contributed by atoms with van der Waals surface area (Å²) < 4.78 is 197. The smallest absolute Gasteiger partial charge is 0.743 e. The minimum absolute atomic E-state index is 0. The number of alkyl halides is 13. The van der Waals surface area contributed by atoms with E-state index in [1.165, 1.54) is 0 Å². The van der Waals surface area contributed by atoms with Crippen molar-refractivity contribution in [3.8, 4) is 0 Å². The molecule has 0 aromatic carbocycles. The van der Waals surface area contributed by atoms with Gasteiger partial charge >= 0.3 is 86.5 Å². The van der Waals surface area contributed by atoms with Gasteiger partial charge in [-0.3, -0.25) is 0 Å². The van der Waals surface area contributed by atoms with Gasteiger partial charge in [-0.2, -0.15) is 57.1 Å². The van der Waals surface area contributed by atoms with Crippen LogP contribution in [0.2, 0.25) is 0 Å². The molecule has 0 N–H and O–H groups in total. The van der Waals surface area contributed by atoms with Gasteiger partial charge in [0, 0.05) is 12.8 Å². The molecule has 3 nitrogen and oxygen atoms in total. The van der Waals surface area contributed by atoms with Crippen LogP contribution in [0, 0.1) is 0 Å². The van der Waals surface area contributed by atoms with Crippen LogP contribution in [0.4, 0.5) is 57.1 Å². The summed E-state index contributed by atoms with van der Waals surface area (Å²) in [5, 5.41) is -7.38. The second-order valence-electron chi connectivity index (χ2n) is 5.57. The van der Waals surface area contributed by atoms with Crippen LogP contribution < -0.4 is 51.4 Å². The minimum atomic E-state index is -7.75. The van der Waals surface area contributed by atoms with Gasteiger partial charge in [0.25, 0.3) is 0 Å². The SMILES string of the molecule is O=S(=O)([O-])C(F)(F)C(F)(F)C(F)(F)C(F)(F)C(F)(F)CCCCCC(F)(F)F.[K+]. The van der Waals surface area contributed by atoms with Gasteiger partial charge in [-0.25, -0.2) is 8.42 Å². The summed E-state index contributed by atoms with van der Waals surface area (Å²) in [4.78, 5) is 0. The zero-order valence-electron chi connectivity index (χ0n) is 14.1. The second-order valence-corrected chi connectivity index (χ2v) is 7.00. The van der Waals surface area contributed by atoms with Crippen LogP contribution in [0.15, 0.2) is 0 Å². The van der Waals surface area contributed by atoms with Crippen LogP contribution in [0.5, 0.6) is 0 Å². The Morgan fingerprint density at radius 3 is 1.31 bits per heavy atom. The molecule has 0 fully saturated rings. The molecular formula is C11H10F13KO3S. The van der Waals surface area contributed by atoms with Crippen LogP contribution in [-0.2, 0) is 10.1 Å². The third-order valence-electron chi connectivity index (χ3n) is 3.38. The van der Waals surface area contributed by atoms with Gasteiger partial charge in [0.2, 0.25) is 0 Å².